The van der Waals surface area contributed by atoms with Crippen molar-refractivity contribution in [2.45, 2.75) is 19.9 Å². The summed E-state index contributed by atoms with van der Waals surface area (Å²) < 4.78 is 0.982. The zero-order chi connectivity index (χ0) is 12.4. The standard InChI is InChI=1S/C12H19BrN4/c1-9(2)16-3-5-17(6-4-16)12-11(13)7-10(14)8-15-12/h7-9H,3-6,14H2,1-2H3. The maximum Gasteiger partial charge on any atom is 0.143 e. The van der Waals surface area contributed by atoms with Crippen LogP contribution in [0.5, 0.6) is 0 Å². The Kier molecular flexibility index (Phi) is 3.89. The summed E-state index contributed by atoms with van der Waals surface area (Å²) in [7, 11) is 0. The van der Waals surface area contributed by atoms with Crippen molar-refractivity contribution < 1.29 is 0 Å². The second-order valence-corrected chi connectivity index (χ2v) is 5.55. The highest BCUT2D eigenvalue weighted by molar-refractivity contribution is 9.10. The number of nitrogens with two attached hydrogens (primary N) is 1. The SMILES string of the molecule is CC(C)N1CCN(c2ncc(N)cc2Br)CC1. The second-order valence-electron chi connectivity index (χ2n) is 4.69. The fourth-order valence-electron chi connectivity index (χ4n) is 2.13. The van der Waals surface area contributed by atoms with Crippen LogP contribution in [0.3, 0.4) is 0 Å². The van der Waals surface area contributed by atoms with Gasteiger partial charge in [0.1, 0.15) is 5.82 Å². The smallest absolute Gasteiger partial charge is 0.143 e. The third-order valence-electron chi connectivity index (χ3n) is 3.19. The molecule has 2 heterocycles. The van der Waals surface area contributed by atoms with Crippen LogP contribution < -0.4 is 10.6 Å². The third kappa shape index (κ3) is 2.90. The highest BCUT2D eigenvalue weighted by Gasteiger charge is 2.20. The second kappa shape index (κ2) is 5.23. The Balaban J connectivity index is 2.05. The molecular weight excluding hydrogens is 280 g/mol. The summed E-state index contributed by atoms with van der Waals surface area (Å²) in [5.41, 5.74) is 6.40. The fraction of sp³-hybridized carbons (Fsp3) is 0.583. The Morgan fingerprint density at radius 2 is 1.94 bits per heavy atom. The normalized spacial score (nSPS) is 17.8. The first-order valence-electron chi connectivity index (χ1n) is 5.98. The number of aromatic nitrogens is 1. The quantitative estimate of drug-likeness (QED) is 0.907. The predicted octanol–water partition coefficient (Wildman–Crippen LogP) is 1.96. The number of hydrogen-bond acceptors (Lipinski definition) is 4. The van der Waals surface area contributed by atoms with Crippen molar-refractivity contribution in [3.8, 4) is 0 Å². The van der Waals surface area contributed by atoms with Crippen LogP contribution in [0.1, 0.15) is 13.8 Å². The third-order valence-corrected chi connectivity index (χ3v) is 3.77. The lowest BCUT2D eigenvalue weighted by atomic mass is 10.2. The first-order chi connectivity index (χ1) is 8.08. The van der Waals surface area contributed by atoms with Crippen molar-refractivity contribution in [3.05, 3.63) is 16.7 Å². The number of rotatable bonds is 2. The van der Waals surface area contributed by atoms with E-state index in [1.807, 2.05) is 6.07 Å². The first kappa shape index (κ1) is 12.6. The molecule has 94 valence electrons. The summed E-state index contributed by atoms with van der Waals surface area (Å²) >= 11 is 3.53. The lowest BCUT2D eigenvalue weighted by molar-refractivity contribution is 0.209. The van der Waals surface area contributed by atoms with Gasteiger partial charge < -0.3 is 10.6 Å². The molecule has 1 aromatic heterocycles. The van der Waals surface area contributed by atoms with Gasteiger partial charge in [-0.1, -0.05) is 0 Å². The molecule has 1 aliphatic heterocycles. The molecular formula is C12H19BrN4. The largest absolute Gasteiger partial charge is 0.397 e. The number of piperazine rings is 1. The Labute approximate surface area is 111 Å². The number of halogens is 1. The van der Waals surface area contributed by atoms with E-state index >= 15 is 0 Å². The number of pyridine rings is 1. The highest BCUT2D eigenvalue weighted by atomic mass is 79.9. The van der Waals surface area contributed by atoms with Crippen molar-refractivity contribution >= 4 is 27.4 Å². The molecule has 1 saturated heterocycles. The molecule has 1 fully saturated rings. The van der Waals surface area contributed by atoms with Crippen molar-refractivity contribution in [3.63, 3.8) is 0 Å². The van der Waals surface area contributed by atoms with Crippen molar-refractivity contribution in [2.75, 3.05) is 36.8 Å². The monoisotopic (exact) mass is 298 g/mol. The zero-order valence-corrected chi connectivity index (χ0v) is 11.9. The molecule has 0 aromatic carbocycles. The van der Waals surface area contributed by atoms with E-state index in [0.29, 0.717) is 11.7 Å². The number of nitrogens with zero attached hydrogens (tertiary/aromatic N) is 3. The molecule has 1 aromatic rings. The molecule has 0 amide bonds. The number of hydrogen-bond donors (Lipinski definition) is 1. The van der Waals surface area contributed by atoms with E-state index < -0.39 is 0 Å². The summed E-state index contributed by atoms with van der Waals surface area (Å²) in [6.07, 6.45) is 1.72. The van der Waals surface area contributed by atoms with Crippen LogP contribution in [0, 0.1) is 0 Å². The van der Waals surface area contributed by atoms with Crippen molar-refractivity contribution in [2.24, 2.45) is 0 Å². The molecule has 0 atom stereocenters. The van der Waals surface area contributed by atoms with Gasteiger partial charge in [-0.15, -0.1) is 0 Å². The van der Waals surface area contributed by atoms with Crippen LogP contribution in [0.2, 0.25) is 0 Å². The van der Waals surface area contributed by atoms with Gasteiger partial charge in [0.15, 0.2) is 0 Å². The van der Waals surface area contributed by atoms with E-state index in [2.05, 4.69) is 44.6 Å². The molecule has 0 saturated carbocycles. The van der Waals surface area contributed by atoms with Crippen LogP contribution >= 0.6 is 15.9 Å². The van der Waals surface area contributed by atoms with E-state index in [0.717, 1.165) is 36.5 Å². The Morgan fingerprint density at radius 3 is 2.47 bits per heavy atom. The minimum Gasteiger partial charge on any atom is -0.397 e. The summed E-state index contributed by atoms with van der Waals surface area (Å²) in [5, 5.41) is 0. The molecule has 0 bridgehead atoms. The van der Waals surface area contributed by atoms with Gasteiger partial charge in [0.05, 0.1) is 16.4 Å². The lowest BCUT2D eigenvalue weighted by Gasteiger charge is -2.37. The summed E-state index contributed by atoms with van der Waals surface area (Å²) in [6.45, 7) is 8.72. The van der Waals surface area contributed by atoms with Crippen LogP contribution in [-0.2, 0) is 0 Å². The van der Waals surface area contributed by atoms with Crippen LogP contribution in [0.15, 0.2) is 16.7 Å². The predicted molar refractivity (Wildman–Crippen MR) is 75.3 cm³/mol. The Morgan fingerprint density at radius 1 is 1.29 bits per heavy atom. The highest BCUT2D eigenvalue weighted by Crippen LogP contribution is 2.26. The van der Waals surface area contributed by atoms with E-state index in [4.69, 9.17) is 5.73 Å². The maximum atomic E-state index is 5.70. The summed E-state index contributed by atoms with van der Waals surface area (Å²) in [5.74, 6) is 1.00. The minimum atomic E-state index is 0.625. The van der Waals surface area contributed by atoms with Crippen LogP contribution in [-0.4, -0.2) is 42.1 Å². The van der Waals surface area contributed by atoms with E-state index in [-0.39, 0.29) is 0 Å². The van der Waals surface area contributed by atoms with Gasteiger partial charge in [-0.25, -0.2) is 4.98 Å². The molecule has 1 aliphatic rings. The van der Waals surface area contributed by atoms with Gasteiger partial charge in [0, 0.05) is 32.2 Å². The molecule has 17 heavy (non-hydrogen) atoms. The average Bonchev–Trinajstić information content (AvgIpc) is 2.29. The molecule has 4 nitrogen and oxygen atoms in total. The molecule has 2 N–H and O–H groups in total. The molecule has 0 radical (unpaired) electrons. The zero-order valence-electron chi connectivity index (χ0n) is 10.4. The minimum absolute atomic E-state index is 0.625. The fourth-order valence-corrected chi connectivity index (χ4v) is 2.75. The molecule has 0 aliphatic carbocycles. The van der Waals surface area contributed by atoms with E-state index in [9.17, 15) is 0 Å². The Hall–Kier alpha value is -0.810. The van der Waals surface area contributed by atoms with Gasteiger partial charge in [-0.05, 0) is 35.8 Å². The number of nitrogen functional groups attached to an aromatic ring is 1. The van der Waals surface area contributed by atoms with Gasteiger partial charge in [0.2, 0.25) is 0 Å². The van der Waals surface area contributed by atoms with Crippen LogP contribution in [0.4, 0.5) is 11.5 Å². The van der Waals surface area contributed by atoms with Crippen molar-refractivity contribution in [1.29, 1.82) is 0 Å². The molecule has 0 spiro atoms. The summed E-state index contributed by atoms with van der Waals surface area (Å²) in [4.78, 5) is 9.20. The maximum absolute atomic E-state index is 5.70. The van der Waals surface area contributed by atoms with Crippen molar-refractivity contribution in [1.82, 2.24) is 9.88 Å². The van der Waals surface area contributed by atoms with Gasteiger partial charge in [-0.2, -0.15) is 0 Å². The number of anilines is 2. The van der Waals surface area contributed by atoms with Gasteiger partial charge in [0.25, 0.3) is 0 Å². The Bertz CT molecular complexity index is 386. The van der Waals surface area contributed by atoms with Crippen LogP contribution in [0.25, 0.3) is 0 Å². The summed E-state index contributed by atoms with van der Waals surface area (Å²) in [6, 6.07) is 2.54. The van der Waals surface area contributed by atoms with Gasteiger partial charge in [-0.3, -0.25) is 4.90 Å². The molecule has 5 heteroatoms. The van der Waals surface area contributed by atoms with Gasteiger partial charge >= 0.3 is 0 Å². The van der Waals surface area contributed by atoms with E-state index in [1.54, 1.807) is 6.20 Å². The molecule has 2 rings (SSSR count). The lowest BCUT2D eigenvalue weighted by Crippen LogP contribution is -2.49. The first-order valence-corrected chi connectivity index (χ1v) is 6.77. The molecule has 0 unspecified atom stereocenters. The average molecular weight is 299 g/mol. The topological polar surface area (TPSA) is 45.4 Å². The van der Waals surface area contributed by atoms with E-state index in [1.165, 1.54) is 0 Å².